The Morgan fingerprint density at radius 1 is 1.23 bits per heavy atom. The number of para-hydroxylation sites is 1. The summed E-state index contributed by atoms with van der Waals surface area (Å²) in [7, 11) is 1.36. The summed E-state index contributed by atoms with van der Waals surface area (Å²) in [4.78, 5) is 0. The summed E-state index contributed by atoms with van der Waals surface area (Å²) in [6.07, 6.45) is -0.885. The van der Waals surface area contributed by atoms with Crippen LogP contribution < -0.4 is 4.74 Å². The van der Waals surface area contributed by atoms with Crippen molar-refractivity contribution in [2.75, 3.05) is 7.11 Å². The van der Waals surface area contributed by atoms with Crippen LogP contribution in [0, 0.1) is 0 Å². The van der Waals surface area contributed by atoms with E-state index in [1.807, 2.05) is 0 Å². The Bertz CT molecular complexity index is 285. The molecule has 0 N–H and O–H groups in total. The van der Waals surface area contributed by atoms with Gasteiger partial charge in [-0.25, -0.2) is 0 Å². The van der Waals surface area contributed by atoms with Gasteiger partial charge in [-0.15, -0.1) is 0 Å². The Morgan fingerprint density at radius 2 is 1.85 bits per heavy atom. The molecule has 1 nitrogen and oxygen atoms in total. The van der Waals surface area contributed by atoms with Gasteiger partial charge in [0.25, 0.3) is 0 Å². The zero-order valence-corrected chi connectivity index (χ0v) is 7.14. The molecule has 0 radical (unpaired) electrons. The number of rotatable bonds is 3. The van der Waals surface area contributed by atoms with Gasteiger partial charge in [-0.3, -0.25) is 0 Å². The van der Waals surface area contributed by atoms with Gasteiger partial charge in [0, 0.05) is 0 Å². The summed E-state index contributed by atoms with van der Waals surface area (Å²) in [6, 6.07) is 6.16. The minimum absolute atomic E-state index is 0.192. The lowest BCUT2D eigenvalue weighted by atomic mass is 9.81. The normalized spacial score (nSPS) is 11.4. The van der Waals surface area contributed by atoms with E-state index in [1.165, 1.54) is 19.2 Å². The molecule has 0 saturated heterocycles. The molecule has 0 bridgehead atoms. The lowest BCUT2D eigenvalue weighted by Crippen LogP contribution is -2.19. The van der Waals surface area contributed by atoms with Gasteiger partial charge in [0.1, 0.15) is 5.75 Å². The first kappa shape index (κ1) is 9.96. The van der Waals surface area contributed by atoms with Gasteiger partial charge < -0.3 is 17.7 Å². The van der Waals surface area contributed by atoms with Crippen molar-refractivity contribution >= 4 is 6.98 Å². The topological polar surface area (TPSA) is 9.23 Å². The molecule has 0 amide bonds. The Balaban J connectivity index is 2.87. The summed E-state index contributed by atoms with van der Waals surface area (Å²) in [5, 5.41) is 0. The van der Waals surface area contributed by atoms with Crippen molar-refractivity contribution in [3.05, 3.63) is 29.8 Å². The van der Waals surface area contributed by atoms with E-state index in [9.17, 15) is 12.9 Å². The highest BCUT2D eigenvalue weighted by Gasteiger charge is 2.24. The molecule has 13 heavy (non-hydrogen) atoms. The molecule has 0 spiro atoms. The van der Waals surface area contributed by atoms with E-state index in [0.29, 0.717) is 5.75 Å². The van der Waals surface area contributed by atoms with Crippen molar-refractivity contribution in [3.8, 4) is 5.75 Å². The predicted octanol–water partition coefficient (Wildman–Crippen LogP) is 2.62. The van der Waals surface area contributed by atoms with Gasteiger partial charge >= 0.3 is 6.98 Å². The molecule has 0 aromatic heterocycles. The Kier molecular flexibility index (Phi) is 2.85. The van der Waals surface area contributed by atoms with E-state index >= 15 is 0 Å². The first-order valence-corrected chi connectivity index (χ1v) is 3.86. The van der Waals surface area contributed by atoms with Crippen molar-refractivity contribution in [3.63, 3.8) is 0 Å². The zero-order chi connectivity index (χ0) is 9.90. The average molecular weight is 189 g/mol. The summed E-state index contributed by atoms with van der Waals surface area (Å²) in [5.74, 6) is 0.293. The molecule has 1 aromatic rings. The molecule has 0 atom stereocenters. The zero-order valence-electron chi connectivity index (χ0n) is 7.14. The molecular weight excluding hydrogens is 180 g/mol. The minimum atomic E-state index is -4.79. The first-order chi connectivity index (χ1) is 6.03. The van der Waals surface area contributed by atoms with Crippen LogP contribution in [0.2, 0.25) is 0 Å². The number of benzene rings is 1. The van der Waals surface area contributed by atoms with E-state index < -0.39 is 13.3 Å². The fourth-order valence-corrected chi connectivity index (χ4v) is 1.12. The standard InChI is InChI=1S/C8H9BF3O/c1-13-8-5-3-2-4-7(8)6-9(10,11)12/h2-5H,6H2,1H3/q-1. The number of hydrogen-bond acceptors (Lipinski definition) is 1. The van der Waals surface area contributed by atoms with Crippen molar-refractivity contribution in [2.24, 2.45) is 0 Å². The molecule has 5 heteroatoms. The molecular formula is C8H9BF3O-. The number of hydrogen-bond donors (Lipinski definition) is 0. The van der Waals surface area contributed by atoms with Gasteiger partial charge in [-0.2, -0.15) is 0 Å². The van der Waals surface area contributed by atoms with Crippen LogP contribution in [0.25, 0.3) is 0 Å². The van der Waals surface area contributed by atoms with Gasteiger partial charge in [0.15, 0.2) is 0 Å². The molecule has 0 aliphatic carbocycles. The molecule has 0 aliphatic heterocycles. The Labute approximate surface area is 74.6 Å². The lowest BCUT2D eigenvalue weighted by Gasteiger charge is -2.15. The quantitative estimate of drug-likeness (QED) is 0.664. The van der Waals surface area contributed by atoms with Crippen LogP contribution in [0.1, 0.15) is 5.56 Å². The minimum Gasteiger partial charge on any atom is -0.497 e. The molecule has 1 aromatic carbocycles. The fourth-order valence-electron chi connectivity index (χ4n) is 1.12. The van der Waals surface area contributed by atoms with E-state index in [-0.39, 0.29) is 5.56 Å². The highest BCUT2D eigenvalue weighted by molar-refractivity contribution is 6.57. The fraction of sp³-hybridized carbons (Fsp3) is 0.250. The van der Waals surface area contributed by atoms with E-state index in [4.69, 9.17) is 4.74 Å². The van der Waals surface area contributed by atoms with Gasteiger partial charge in [-0.1, -0.05) is 24.5 Å². The maximum absolute atomic E-state index is 12.1. The molecule has 1 rings (SSSR count). The largest absolute Gasteiger partial charge is 0.497 e. The molecule has 0 heterocycles. The SMILES string of the molecule is COc1ccccc1C[B-](F)(F)F. The Morgan fingerprint density at radius 3 is 2.38 bits per heavy atom. The van der Waals surface area contributed by atoms with Crippen LogP contribution in [-0.2, 0) is 6.32 Å². The van der Waals surface area contributed by atoms with Crippen LogP contribution >= 0.6 is 0 Å². The second-order valence-corrected chi connectivity index (χ2v) is 2.73. The third-order valence-electron chi connectivity index (χ3n) is 1.64. The summed E-state index contributed by atoms with van der Waals surface area (Å²) in [5.41, 5.74) is 0.192. The van der Waals surface area contributed by atoms with Gasteiger partial charge in [0.2, 0.25) is 0 Å². The van der Waals surface area contributed by atoms with E-state index in [2.05, 4.69) is 0 Å². The third kappa shape index (κ3) is 3.01. The highest BCUT2D eigenvalue weighted by Crippen LogP contribution is 2.23. The van der Waals surface area contributed by atoms with Crippen LogP contribution in [0.5, 0.6) is 5.75 Å². The third-order valence-corrected chi connectivity index (χ3v) is 1.64. The summed E-state index contributed by atoms with van der Waals surface area (Å²) < 4.78 is 41.0. The second kappa shape index (κ2) is 3.72. The lowest BCUT2D eigenvalue weighted by molar-refractivity contribution is 0.406. The number of methoxy groups -OCH3 is 1. The molecule has 0 saturated carbocycles. The molecule has 0 fully saturated rings. The van der Waals surface area contributed by atoms with Crippen LogP contribution in [-0.4, -0.2) is 14.1 Å². The van der Waals surface area contributed by atoms with Crippen LogP contribution in [0.4, 0.5) is 12.9 Å². The monoisotopic (exact) mass is 189 g/mol. The van der Waals surface area contributed by atoms with Crippen molar-refractivity contribution < 1.29 is 17.7 Å². The first-order valence-electron chi connectivity index (χ1n) is 3.86. The average Bonchev–Trinajstić information content (AvgIpc) is 2.02. The molecule has 0 unspecified atom stereocenters. The predicted molar refractivity (Wildman–Crippen MR) is 45.8 cm³/mol. The molecule has 72 valence electrons. The van der Waals surface area contributed by atoms with Gasteiger partial charge in [0.05, 0.1) is 7.11 Å². The summed E-state index contributed by atoms with van der Waals surface area (Å²) in [6.45, 7) is -4.79. The van der Waals surface area contributed by atoms with E-state index in [1.54, 1.807) is 12.1 Å². The van der Waals surface area contributed by atoms with Gasteiger partial charge in [-0.05, 0) is 11.6 Å². The van der Waals surface area contributed by atoms with Crippen molar-refractivity contribution in [1.82, 2.24) is 0 Å². The second-order valence-electron chi connectivity index (χ2n) is 2.73. The number of ether oxygens (including phenoxy) is 1. The number of halogens is 3. The molecule has 0 aliphatic rings. The van der Waals surface area contributed by atoms with Crippen LogP contribution in [0.3, 0.4) is 0 Å². The Hall–Kier alpha value is -1.13. The smallest absolute Gasteiger partial charge is 0.482 e. The maximum Gasteiger partial charge on any atom is 0.482 e. The van der Waals surface area contributed by atoms with Crippen molar-refractivity contribution in [2.45, 2.75) is 6.32 Å². The maximum atomic E-state index is 12.1. The van der Waals surface area contributed by atoms with E-state index in [0.717, 1.165) is 0 Å². The summed E-state index contributed by atoms with van der Waals surface area (Å²) >= 11 is 0. The van der Waals surface area contributed by atoms with Crippen molar-refractivity contribution in [1.29, 1.82) is 0 Å². The highest BCUT2D eigenvalue weighted by atomic mass is 19.4. The van der Waals surface area contributed by atoms with Crippen LogP contribution in [0.15, 0.2) is 24.3 Å².